The fourth-order valence-electron chi connectivity index (χ4n) is 2.30. The number of halogens is 1. The molecule has 0 aliphatic carbocycles. The van der Waals surface area contributed by atoms with Crippen LogP contribution in [0.15, 0.2) is 28.7 Å². The van der Waals surface area contributed by atoms with E-state index in [9.17, 15) is 23.1 Å². The largest absolute Gasteiger partial charge is 0.479 e. The summed E-state index contributed by atoms with van der Waals surface area (Å²) in [6, 6.07) is 5.30. The Morgan fingerprint density at radius 1 is 1.33 bits per heavy atom. The minimum Gasteiger partial charge on any atom is -0.479 e. The summed E-state index contributed by atoms with van der Waals surface area (Å²) in [5.41, 5.74) is 0.369. The molecule has 2 N–H and O–H groups in total. The lowest BCUT2D eigenvalue weighted by molar-refractivity contribution is -0.142. The lowest BCUT2D eigenvalue weighted by atomic mass is 10.1. The Kier molecular flexibility index (Phi) is 4.67. The van der Waals surface area contributed by atoms with Crippen LogP contribution >= 0.6 is 15.9 Å². The number of carboxylic acid groups (broad SMARTS) is 1. The Bertz CT molecular complexity index is 673. The number of rotatable bonds is 4. The van der Waals surface area contributed by atoms with Crippen LogP contribution in [0.1, 0.15) is 24.4 Å². The van der Waals surface area contributed by atoms with Gasteiger partial charge in [-0.25, -0.2) is 13.2 Å². The molecule has 2 atom stereocenters. The van der Waals surface area contributed by atoms with E-state index in [0.717, 1.165) is 0 Å². The molecule has 2 rings (SSSR count). The van der Waals surface area contributed by atoms with E-state index in [-0.39, 0.29) is 12.2 Å². The van der Waals surface area contributed by atoms with Gasteiger partial charge in [-0.15, -0.1) is 0 Å². The minimum absolute atomic E-state index is 0.0299. The van der Waals surface area contributed by atoms with Gasteiger partial charge < -0.3 is 10.4 Å². The first-order valence-corrected chi connectivity index (χ1v) is 8.83. The smallest absolute Gasteiger partial charge is 0.330 e. The van der Waals surface area contributed by atoms with Crippen LogP contribution in [0.2, 0.25) is 0 Å². The zero-order valence-electron chi connectivity index (χ0n) is 11.0. The summed E-state index contributed by atoms with van der Waals surface area (Å²) in [4.78, 5) is 23.5. The molecule has 6 nitrogen and oxygen atoms in total. The van der Waals surface area contributed by atoms with Crippen LogP contribution in [0.3, 0.4) is 0 Å². The number of hydrogen-bond acceptors (Lipinski definition) is 4. The van der Waals surface area contributed by atoms with E-state index in [0.29, 0.717) is 16.5 Å². The number of aliphatic carboxylic acids is 1. The molecule has 0 saturated carbocycles. The highest BCUT2D eigenvalue weighted by molar-refractivity contribution is 9.10. The third-order valence-electron chi connectivity index (χ3n) is 3.37. The number of hydrogen-bond donors (Lipinski definition) is 2. The molecule has 1 aliphatic heterocycles. The van der Waals surface area contributed by atoms with E-state index >= 15 is 0 Å². The Morgan fingerprint density at radius 3 is 2.52 bits per heavy atom. The topological polar surface area (TPSA) is 101 Å². The second-order valence-electron chi connectivity index (χ2n) is 4.80. The first kappa shape index (κ1) is 16.0. The maximum atomic E-state index is 12.1. The van der Waals surface area contributed by atoms with Gasteiger partial charge in [0.15, 0.2) is 15.9 Å². The van der Waals surface area contributed by atoms with Crippen molar-refractivity contribution in [3.63, 3.8) is 0 Å². The van der Waals surface area contributed by atoms with Crippen molar-refractivity contribution < 1.29 is 23.1 Å². The molecule has 1 fully saturated rings. The highest BCUT2D eigenvalue weighted by Crippen LogP contribution is 2.25. The predicted octanol–water partition coefficient (Wildman–Crippen LogP) is 1.27. The lowest BCUT2D eigenvalue weighted by Gasteiger charge is -2.18. The van der Waals surface area contributed by atoms with Gasteiger partial charge in [-0.2, -0.15) is 0 Å². The molecule has 1 heterocycles. The molecule has 0 aromatic heterocycles. The van der Waals surface area contributed by atoms with Gasteiger partial charge in [-0.05, 0) is 24.5 Å². The van der Waals surface area contributed by atoms with Crippen molar-refractivity contribution in [1.29, 1.82) is 0 Å². The Labute approximate surface area is 130 Å². The average molecular weight is 376 g/mol. The molecule has 1 saturated heterocycles. The zero-order valence-corrected chi connectivity index (χ0v) is 13.4. The molecule has 21 heavy (non-hydrogen) atoms. The van der Waals surface area contributed by atoms with Crippen molar-refractivity contribution in [2.45, 2.75) is 24.1 Å². The average Bonchev–Trinajstić information content (AvgIpc) is 2.76. The SMILES string of the molecule is O=C(O)C(NC(=O)C1CCCS1(=O)=O)c1ccccc1Br. The molecule has 114 valence electrons. The van der Waals surface area contributed by atoms with Crippen LogP contribution in [-0.2, 0) is 19.4 Å². The van der Waals surface area contributed by atoms with Gasteiger partial charge in [-0.1, -0.05) is 34.1 Å². The van der Waals surface area contributed by atoms with E-state index in [2.05, 4.69) is 21.2 Å². The minimum atomic E-state index is -3.47. The van der Waals surface area contributed by atoms with E-state index in [1.165, 1.54) is 0 Å². The van der Waals surface area contributed by atoms with E-state index < -0.39 is 33.0 Å². The summed E-state index contributed by atoms with van der Waals surface area (Å²) < 4.78 is 24.0. The lowest BCUT2D eigenvalue weighted by Crippen LogP contribution is -2.42. The summed E-state index contributed by atoms with van der Waals surface area (Å²) in [6.45, 7) is 0. The van der Waals surface area contributed by atoms with Gasteiger partial charge in [0, 0.05) is 4.47 Å². The van der Waals surface area contributed by atoms with Crippen LogP contribution < -0.4 is 5.32 Å². The maximum Gasteiger partial charge on any atom is 0.330 e. The first-order chi connectivity index (χ1) is 9.83. The molecular weight excluding hydrogens is 362 g/mol. The van der Waals surface area contributed by atoms with Crippen molar-refractivity contribution in [2.24, 2.45) is 0 Å². The normalized spacial score (nSPS) is 21.7. The maximum absolute atomic E-state index is 12.1. The monoisotopic (exact) mass is 375 g/mol. The number of nitrogens with one attached hydrogen (secondary N) is 1. The fourth-order valence-corrected chi connectivity index (χ4v) is 4.59. The Morgan fingerprint density at radius 2 is 2.00 bits per heavy atom. The molecule has 1 aliphatic rings. The number of carbonyl (C=O) groups is 2. The van der Waals surface area contributed by atoms with E-state index in [4.69, 9.17) is 0 Å². The summed E-state index contributed by atoms with van der Waals surface area (Å²) in [5, 5.41) is 10.5. The van der Waals surface area contributed by atoms with Gasteiger partial charge in [-0.3, -0.25) is 4.79 Å². The standard InChI is InChI=1S/C13H14BrNO5S/c14-9-5-2-1-4-8(9)11(13(17)18)15-12(16)10-6-3-7-21(10,19)20/h1-2,4-5,10-11H,3,6-7H2,(H,15,16)(H,17,18). The number of sulfone groups is 1. The zero-order chi connectivity index (χ0) is 15.6. The van der Waals surface area contributed by atoms with Crippen LogP contribution in [0.5, 0.6) is 0 Å². The van der Waals surface area contributed by atoms with Crippen LogP contribution in [0.4, 0.5) is 0 Å². The first-order valence-electron chi connectivity index (χ1n) is 6.32. The Hall–Kier alpha value is -1.41. The van der Waals surface area contributed by atoms with Crippen LogP contribution in [-0.4, -0.2) is 36.4 Å². The fraction of sp³-hybridized carbons (Fsp3) is 0.385. The summed E-state index contributed by atoms with van der Waals surface area (Å²) in [6.07, 6.45) is 0.656. The van der Waals surface area contributed by atoms with Gasteiger partial charge in [0.2, 0.25) is 5.91 Å². The predicted molar refractivity (Wildman–Crippen MR) is 79.5 cm³/mol. The molecule has 1 aromatic carbocycles. The number of amides is 1. The van der Waals surface area contributed by atoms with Crippen molar-refractivity contribution in [3.8, 4) is 0 Å². The molecule has 2 unspecified atom stereocenters. The van der Waals surface area contributed by atoms with Crippen molar-refractivity contribution in [1.82, 2.24) is 5.32 Å². The molecular formula is C13H14BrNO5S. The van der Waals surface area contributed by atoms with Crippen molar-refractivity contribution in [2.75, 3.05) is 5.75 Å². The van der Waals surface area contributed by atoms with Crippen molar-refractivity contribution in [3.05, 3.63) is 34.3 Å². The van der Waals surface area contributed by atoms with E-state index in [1.54, 1.807) is 24.3 Å². The number of carbonyl (C=O) groups excluding carboxylic acids is 1. The Balaban J connectivity index is 2.24. The molecule has 1 aromatic rings. The highest BCUT2D eigenvalue weighted by atomic mass is 79.9. The molecule has 1 amide bonds. The summed E-state index contributed by atoms with van der Waals surface area (Å²) >= 11 is 3.23. The molecule has 8 heteroatoms. The third-order valence-corrected chi connectivity index (χ3v) is 6.27. The number of benzene rings is 1. The second kappa shape index (κ2) is 6.15. The molecule has 0 spiro atoms. The second-order valence-corrected chi connectivity index (χ2v) is 7.96. The third kappa shape index (κ3) is 3.44. The van der Waals surface area contributed by atoms with E-state index in [1.807, 2.05) is 0 Å². The highest BCUT2D eigenvalue weighted by Gasteiger charge is 2.39. The van der Waals surface area contributed by atoms with Gasteiger partial charge in [0.1, 0.15) is 5.25 Å². The van der Waals surface area contributed by atoms with Crippen LogP contribution in [0, 0.1) is 0 Å². The van der Waals surface area contributed by atoms with Gasteiger partial charge in [0.25, 0.3) is 0 Å². The summed E-state index contributed by atoms with van der Waals surface area (Å²) in [5.74, 6) is -2.03. The quantitative estimate of drug-likeness (QED) is 0.824. The van der Waals surface area contributed by atoms with Crippen LogP contribution in [0.25, 0.3) is 0 Å². The number of carboxylic acids is 1. The molecule has 0 bridgehead atoms. The summed E-state index contributed by atoms with van der Waals surface area (Å²) in [7, 11) is -3.47. The van der Waals surface area contributed by atoms with Gasteiger partial charge in [0.05, 0.1) is 5.75 Å². The molecule has 0 radical (unpaired) electrons. The van der Waals surface area contributed by atoms with Gasteiger partial charge >= 0.3 is 5.97 Å². The van der Waals surface area contributed by atoms with Crippen molar-refractivity contribution >= 4 is 37.6 Å².